The molecule has 2 aliphatic rings. The number of hydrogen-bond donors (Lipinski definition) is 0. The number of esters is 1. The first kappa shape index (κ1) is 24.9. The summed E-state index contributed by atoms with van der Waals surface area (Å²) in [6.45, 7) is 3.76. The van der Waals surface area contributed by atoms with Gasteiger partial charge in [0.15, 0.2) is 27.8 Å². The molecule has 0 spiro atoms. The molecule has 1 atom stereocenters. The van der Waals surface area contributed by atoms with E-state index in [2.05, 4.69) is 4.99 Å². The van der Waals surface area contributed by atoms with Crippen molar-refractivity contribution in [3.8, 4) is 23.0 Å². The zero-order chi connectivity index (χ0) is 26.3. The van der Waals surface area contributed by atoms with Crippen LogP contribution >= 0.6 is 22.9 Å². The molecule has 3 aromatic rings. The van der Waals surface area contributed by atoms with Crippen LogP contribution in [0.4, 0.5) is 0 Å². The quantitative estimate of drug-likeness (QED) is 0.441. The smallest absolute Gasteiger partial charge is 0.338 e. The molecule has 0 amide bonds. The van der Waals surface area contributed by atoms with Crippen LogP contribution in [0.25, 0.3) is 6.08 Å². The lowest BCUT2D eigenvalue weighted by atomic mass is 9.95. The van der Waals surface area contributed by atoms with Crippen molar-refractivity contribution >= 4 is 35.0 Å². The van der Waals surface area contributed by atoms with Gasteiger partial charge in [0, 0.05) is 0 Å². The van der Waals surface area contributed by atoms with E-state index in [4.69, 9.17) is 35.3 Å². The average molecular weight is 543 g/mol. The number of fused-ring (bicyclic) bond motifs is 2. The molecule has 0 saturated heterocycles. The summed E-state index contributed by atoms with van der Waals surface area (Å²) >= 11 is 7.58. The van der Waals surface area contributed by atoms with Gasteiger partial charge in [0.1, 0.15) is 0 Å². The van der Waals surface area contributed by atoms with Crippen LogP contribution in [0, 0.1) is 0 Å². The van der Waals surface area contributed by atoms with Crippen molar-refractivity contribution in [3.63, 3.8) is 0 Å². The van der Waals surface area contributed by atoms with Crippen LogP contribution in [-0.4, -0.2) is 38.2 Å². The molecular formula is C26H23ClN2O7S. The van der Waals surface area contributed by atoms with Crippen molar-refractivity contribution in [2.24, 2.45) is 4.99 Å². The molecule has 0 unspecified atom stereocenters. The Bertz CT molecular complexity index is 1620. The van der Waals surface area contributed by atoms with E-state index >= 15 is 0 Å². The molecule has 5 rings (SSSR count). The van der Waals surface area contributed by atoms with Gasteiger partial charge in [0.05, 0.1) is 47.7 Å². The van der Waals surface area contributed by atoms with E-state index in [1.807, 2.05) is 0 Å². The van der Waals surface area contributed by atoms with Gasteiger partial charge in [-0.15, -0.1) is 0 Å². The van der Waals surface area contributed by atoms with E-state index in [0.29, 0.717) is 54.2 Å². The Kier molecular flexibility index (Phi) is 6.70. The van der Waals surface area contributed by atoms with Crippen LogP contribution in [-0.2, 0) is 9.53 Å². The zero-order valence-electron chi connectivity index (χ0n) is 20.5. The Labute approximate surface area is 220 Å². The third kappa shape index (κ3) is 4.36. The number of nitrogens with zero attached hydrogens (tertiary/aromatic N) is 2. The lowest BCUT2D eigenvalue weighted by Gasteiger charge is -2.24. The Morgan fingerprint density at radius 1 is 1.22 bits per heavy atom. The second-order valence-electron chi connectivity index (χ2n) is 8.15. The number of methoxy groups -OCH3 is 2. The molecule has 37 heavy (non-hydrogen) atoms. The summed E-state index contributed by atoms with van der Waals surface area (Å²) in [6.07, 6.45) is 1.71. The number of ether oxygens (including phenoxy) is 5. The molecule has 9 nitrogen and oxygen atoms in total. The Morgan fingerprint density at radius 3 is 2.73 bits per heavy atom. The molecule has 11 heteroatoms. The minimum Gasteiger partial charge on any atom is -0.493 e. The van der Waals surface area contributed by atoms with Crippen LogP contribution in [0.2, 0.25) is 5.02 Å². The molecule has 2 aliphatic heterocycles. The summed E-state index contributed by atoms with van der Waals surface area (Å²) in [7, 11) is 3.01. The van der Waals surface area contributed by atoms with Crippen molar-refractivity contribution in [2.75, 3.05) is 27.6 Å². The SMILES string of the molecule is CCOC(=O)C1=C(C)N=c2s/c(=C\c3cc(Cl)c(OC)c(OC)c3)c(=O)n2[C@H]1c1ccc2c(c1)OCO2. The number of thiazole rings is 1. The van der Waals surface area contributed by atoms with Gasteiger partial charge in [0.25, 0.3) is 5.56 Å². The fraction of sp³-hybridized carbons (Fsp3) is 0.269. The predicted octanol–water partition coefficient (Wildman–Crippen LogP) is 3.20. The van der Waals surface area contributed by atoms with Gasteiger partial charge in [0.2, 0.25) is 6.79 Å². The van der Waals surface area contributed by atoms with E-state index in [1.165, 1.54) is 30.1 Å². The third-order valence-electron chi connectivity index (χ3n) is 5.98. The average Bonchev–Trinajstić information content (AvgIpc) is 3.46. The van der Waals surface area contributed by atoms with E-state index in [9.17, 15) is 9.59 Å². The normalized spacial score (nSPS) is 16.4. The number of carbonyl (C=O) groups is 1. The highest BCUT2D eigenvalue weighted by atomic mass is 35.5. The second-order valence-corrected chi connectivity index (χ2v) is 9.57. The molecule has 0 fully saturated rings. The van der Waals surface area contributed by atoms with Crippen LogP contribution in [0.5, 0.6) is 23.0 Å². The van der Waals surface area contributed by atoms with Gasteiger partial charge in [-0.2, -0.15) is 0 Å². The van der Waals surface area contributed by atoms with Crippen molar-refractivity contribution < 1.29 is 28.5 Å². The van der Waals surface area contributed by atoms with Gasteiger partial charge >= 0.3 is 5.97 Å². The van der Waals surface area contributed by atoms with E-state index in [0.717, 1.165) is 0 Å². The highest BCUT2D eigenvalue weighted by molar-refractivity contribution is 7.07. The number of benzene rings is 2. The first-order valence-corrected chi connectivity index (χ1v) is 12.6. The first-order valence-electron chi connectivity index (χ1n) is 11.4. The Morgan fingerprint density at radius 2 is 2.00 bits per heavy atom. The molecule has 0 N–H and O–H groups in total. The number of halogens is 1. The van der Waals surface area contributed by atoms with E-state index in [1.54, 1.807) is 50.3 Å². The van der Waals surface area contributed by atoms with Crippen LogP contribution in [0.3, 0.4) is 0 Å². The molecule has 0 saturated carbocycles. The molecule has 2 aromatic carbocycles. The van der Waals surface area contributed by atoms with Crippen molar-refractivity contribution in [2.45, 2.75) is 19.9 Å². The fourth-order valence-corrected chi connectivity index (χ4v) is 5.71. The number of aromatic nitrogens is 1. The van der Waals surface area contributed by atoms with Gasteiger partial charge in [-0.05, 0) is 55.3 Å². The number of carbonyl (C=O) groups excluding carboxylic acids is 1. The summed E-state index contributed by atoms with van der Waals surface area (Å²) in [4.78, 5) is 31.9. The maximum atomic E-state index is 13.8. The summed E-state index contributed by atoms with van der Waals surface area (Å²) in [5.41, 5.74) is 1.76. The molecule has 0 aliphatic carbocycles. The number of allylic oxidation sites excluding steroid dienone is 1. The molecule has 0 bridgehead atoms. The fourth-order valence-electron chi connectivity index (χ4n) is 4.36. The zero-order valence-corrected chi connectivity index (χ0v) is 22.1. The summed E-state index contributed by atoms with van der Waals surface area (Å²) in [5, 5.41) is 0.347. The minimum atomic E-state index is -0.763. The Hall–Kier alpha value is -3.76. The van der Waals surface area contributed by atoms with Gasteiger partial charge in [-0.1, -0.05) is 29.0 Å². The monoisotopic (exact) mass is 542 g/mol. The number of rotatable bonds is 6. The molecule has 192 valence electrons. The maximum Gasteiger partial charge on any atom is 0.338 e. The maximum absolute atomic E-state index is 13.8. The van der Waals surface area contributed by atoms with Gasteiger partial charge in [-0.3, -0.25) is 9.36 Å². The van der Waals surface area contributed by atoms with Crippen molar-refractivity contribution in [1.29, 1.82) is 0 Å². The molecule has 3 heterocycles. The highest BCUT2D eigenvalue weighted by Gasteiger charge is 2.34. The first-order chi connectivity index (χ1) is 17.9. The molecule has 0 radical (unpaired) electrons. The molecular weight excluding hydrogens is 520 g/mol. The minimum absolute atomic E-state index is 0.106. The topological polar surface area (TPSA) is 97.6 Å². The van der Waals surface area contributed by atoms with E-state index < -0.39 is 12.0 Å². The summed E-state index contributed by atoms with van der Waals surface area (Å²) in [5.74, 6) is 1.44. The van der Waals surface area contributed by atoms with Crippen molar-refractivity contribution in [1.82, 2.24) is 4.57 Å². The number of hydrogen-bond acceptors (Lipinski definition) is 9. The summed E-state index contributed by atoms with van der Waals surface area (Å²) < 4.78 is 28.9. The van der Waals surface area contributed by atoms with Gasteiger partial charge in [-0.25, -0.2) is 9.79 Å². The second kappa shape index (κ2) is 9.95. The standard InChI is InChI=1S/C26H23ClN2O7S/c1-5-34-25(31)21-13(2)28-26-29(22(21)15-6-7-17-18(11-15)36-12-35-17)24(30)20(37-26)10-14-8-16(27)23(33-4)19(9-14)32-3/h6-11,22H,5,12H2,1-4H3/b20-10-/t22-/m0/s1. The van der Waals surface area contributed by atoms with Crippen LogP contribution < -0.4 is 33.8 Å². The van der Waals surface area contributed by atoms with Gasteiger partial charge < -0.3 is 23.7 Å². The highest BCUT2D eigenvalue weighted by Crippen LogP contribution is 2.38. The lowest BCUT2D eigenvalue weighted by Crippen LogP contribution is -2.39. The summed E-state index contributed by atoms with van der Waals surface area (Å²) in [6, 6.07) is 8.00. The lowest BCUT2D eigenvalue weighted by molar-refractivity contribution is -0.139. The largest absolute Gasteiger partial charge is 0.493 e. The van der Waals surface area contributed by atoms with Crippen LogP contribution in [0.1, 0.15) is 31.0 Å². The predicted molar refractivity (Wildman–Crippen MR) is 138 cm³/mol. The molecule has 1 aromatic heterocycles. The van der Waals surface area contributed by atoms with E-state index in [-0.39, 0.29) is 24.5 Å². The van der Waals surface area contributed by atoms with Crippen molar-refractivity contribution in [3.05, 3.63) is 77.4 Å². The van der Waals surface area contributed by atoms with Crippen LogP contribution in [0.15, 0.2) is 51.4 Å². The third-order valence-corrected chi connectivity index (χ3v) is 7.25. The Balaban J connectivity index is 1.71.